The zero-order valence-corrected chi connectivity index (χ0v) is 21.1. The molecule has 0 aliphatic heterocycles. The number of hydrogen-bond donors (Lipinski definition) is 3. The van der Waals surface area contributed by atoms with Crippen molar-refractivity contribution in [1.82, 2.24) is 5.32 Å². The lowest BCUT2D eigenvalue weighted by molar-refractivity contribution is -0.128. The second kappa shape index (κ2) is 11.0. The summed E-state index contributed by atoms with van der Waals surface area (Å²) in [6, 6.07) is 16.2. The van der Waals surface area contributed by atoms with E-state index in [-0.39, 0.29) is 33.6 Å². The van der Waals surface area contributed by atoms with Crippen LogP contribution in [0.1, 0.15) is 47.1 Å². The number of anilines is 2. The summed E-state index contributed by atoms with van der Waals surface area (Å²) in [6.07, 6.45) is 0. The summed E-state index contributed by atoms with van der Waals surface area (Å²) < 4.78 is 0. The van der Waals surface area contributed by atoms with E-state index in [9.17, 15) is 14.4 Å². The Labute approximate surface area is 215 Å². The van der Waals surface area contributed by atoms with Crippen molar-refractivity contribution in [2.75, 3.05) is 10.6 Å². The molecule has 2 radical (unpaired) electrons. The molecule has 3 aromatic rings. The van der Waals surface area contributed by atoms with E-state index in [4.69, 9.17) is 31.0 Å². The summed E-state index contributed by atoms with van der Waals surface area (Å²) in [4.78, 5) is 37.8. The Morgan fingerprint density at radius 2 is 1.29 bits per heavy atom. The van der Waals surface area contributed by atoms with Crippen LogP contribution in [0.25, 0.3) is 0 Å². The van der Waals surface area contributed by atoms with Crippen molar-refractivity contribution in [3.8, 4) is 0 Å². The zero-order valence-electron chi connectivity index (χ0n) is 19.5. The van der Waals surface area contributed by atoms with Gasteiger partial charge in [0.15, 0.2) is 0 Å². The third-order valence-electron chi connectivity index (χ3n) is 5.05. The van der Waals surface area contributed by atoms with E-state index in [2.05, 4.69) is 16.0 Å². The molecular weight excluding hydrogens is 484 g/mol. The van der Waals surface area contributed by atoms with E-state index < -0.39 is 17.2 Å². The van der Waals surface area contributed by atoms with Gasteiger partial charge in [0.05, 0.1) is 21.2 Å². The van der Waals surface area contributed by atoms with E-state index in [1.54, 1.807) is 48.5 Å². The molecule has 6 nitrogen and oxygen atoms in total. The molecule has 3 aromatic carbocycles. The first kappa shape index (κ1) is 26.3. The van der Waals surface area contributed by atoms with Crippen LogP contribution in [0.15, 0.2) is 60.7 Å². The van der Waals surface area contributed by atoms with Gasteiger partial charge in [-0.25, -0.2) is 0 Å². The van der Waals surface area contributed by atoms with Crippen molar-refractivity contribution in [3.05, 3.63) is 87.4 Å². The van der Waals surface area contributed by atoms with Gasteiger partial charge in [-0.15, -0.1) is 0 Å². The van der Waals surface area contributed by atoms with E-state index in [1.807, 2.05) is 20.8 Å². The Bertz CT molecular complexity index is 1270. The van der Waals surface area contributed by atoms with Gasteiger partial charge in [-0.1, -0.05) is 67.6 Å². The Hall–Kier alpha value is -3.29. The summed E-state index contributed by atoms with van der Waals surface area (Å²) >= 11 is 12.5. The van der Waals surface area contributed by atoms with Crippen molar-refractivity contribution in [2.45, 2.75) is 27.3 Å². The zero-order chi connectivity index (χ0) is 25.8. The molecule has 0 aliphatic rings. The topological polar surface area (TPSA) is 87.3 Å². The van der Waals surface area contributed by atoms with E-state index in [0.717, 1.165) is 5.56 Å². The number of rotatable bonds is 6. The monoisotopic (exact) mass is 507 g/mol. The van der Waals surface area contributed by atoms with Crippen LogP contribution in [-0.4, -0.2) is 25.6 Å². The largest absolute Gasteiger partial charge is 0.352 e. The first-order chi connectivity index (χ1) is 16.4. The molecule has 0 bridgehead atoms. The molecule has 0 heterocycles. The molecule has 3 amide bonds. The lowest BCUT2D eigenvalue weighted by Crippen LogP contribution is -2.34. The minimum Gasteiger partial charge on any atom is -0.352 e. The highest BCUT2D eigenvalue weighted by molar-refractivity contribution is 6.35. The minimum absolute atomic E-state index is 0.107. The van der Waals surface area contributed by atoms with Crippen LogP contribution in [-0.2, 0) is 11.3 Å². The van der Waals surface area contributed by atoms with Crippen molar-refractivity contribution < 1.29 is 14.4 Å². The second-order valence-corrected chi connectivity index (χ2v) is 9.79. The fourth-order valence-corrected chi connectivity index (χ4v) is 3.45. The molecule has 0 saturated carbocycles. The third-order valence-corrected chi connectivity index (χ3v) is 5.71. The van der Waals surface area contributed by atoms with Gasteiger partial charge in [-0.05, 0) is 48.0 Å². The summed E-state index contributed by atoms with van der Waals surface area (Å²) in [7, 11) is 5.67. The average Bonchev–Trinajstić information content (AvgIpc) is 2.80. The van der Waals surface area contributed by atoms with Crippen LogP contribution in [0.3, 0.4) is 0 Å². The maximum Gasteiger partial charge on any atom is 0.257 e. The maximum atomic E-state index is 12.9. The van der Waals surface area contributed by atoms with Crippen LogP contribution < -0.4 is 21.4 Å². The fraction of sp³-hybridized carbons (Fsp3) is 0.192. The quantitative estimate of drug-likeness (QED) is 0.412. The Morgan fingerprint density at radius 1 is 0.771 bits per heavy atom. The minimum atomic E-state index is -0.529. The molecule has 3 N–H and O–H groups in total. The summed E-state index contributed by atoms with van der Waals surface area (Å²) in [5, 5.41) is 8.81. The Morgan fingerprint density at radius 3 is 1.89 bits per heavy atom. The molecule has 0 aromatic heterocycles. The fourth-order valence-electron chi connectivity index (χ4n) is 3.04. The Balaban J connectivity index is 1.74. The number of carbonyl (C=O) groups is 3. The molecule has 35 heavy (non-hydrogen) atoms. The molecule has 9 heteroatoms. The first-order valence-corrected chi connectivity index (χ1v) is 11.5. The lowest BCUT2D eigenvalue weighted by atomic mass is 9.95. The average molecular weight is 508 g/mol. The van der Waals surface area contributed by atoms with Gasteiger partial charge in [0.2, 0.25) is 5.91 Å². The summed E-state index contributed by atoms with van der Waals surface area (Å²) in [5.74, 6) is -1.01. The highest BCUT2D eigenvalue weighted by atomic mass is 35.5. The van der Waals surface area contributed by atoms with Crippen molar-refractivity contribution in [1.29, 1.82) is 0 Å². The van der Waals surface area contributed by atoms with Gasteiger partial charge in [-0.3, -0.25) is 14.4 Å². The number of carbonyl (C=O) groups excluding carboxylic acids is 3. The maximum absolute atomic E-state index is 12.9. The van der Waals surface area contributed by atoms with Gasteiger partial charge in [0.1, 0.15) is 7.85 Å². The van der Waals surface area contributed by atoms with E-state index in [1.165, 1.54) is 12.1 Å². The summed E-state index contributed by atoms with van der Waals surface area (Å²) in [5.41, 5.74) is 2.10. The SMILES string of the molecule is [B]c1ccc(NC(=O)c2cc(NC(=O)c3cc(CNC(=O)C(C)(C)C)ccc3Cl)ccc2Cl)cc1. The highest BCUT2D eigenvalue weighted by Crippen LogP contribution is 2.24. The number of halogens is 2. The molecule has 0 spiro atoms. The predicted molar refractivity (Wildman–Crippen MR) is 142 cm³/mol. The molecule has 3 rings (SSSR count). The van der Waals surface area contributed by atoms with Gasteiger partial charge >= 0.3 is 0 Å². The van der Waals surface area contributed by atoms with E-state index in [0.29, 0.717) is 16.8 Å². The van der Waals surface area contributed by atoms with Crippen LogP contribution >= 0.6 is 23.2 Å². The smallest absolute Gasteiger partial charge is 0.257 e. The molecule has 0 aliphatic carbocycles. The molecule has 178 valence electrons. The number of nitrogens with one attached hydrogen (secondary N) is 3. The van der Waals surface area contributed by atoms with Crippen LogP contribution in [0, 0.1) is 5.41 Å². The second-order valence-electron chi connectivity index (χ2n) is 8.97. The molecule has 0 unspecified atom stereocenters. The summed E-state index contributed by atoms with van der Waals surface area (Å²) in [6.45, 7) is 5.71. The van der Waals surface area contributed by atoms with Crippen molar-refractivity contribution >= 4 is 65.6 Å². The third kappa shape index (κ3) is 7.10. The van der Waals surface area contributed by atoms with Crippen molar-refractivity contribution in [2.24, 2.45) is 5.41 Å². The normalized spacial score (nSPS) is 11.0. The van der Waals surface area contributed by atoms with Gasteiger partial charge in [-0.2, -0.15) is 0 Å². The van der Waals surface area contributed by atoms with Crippen LogP contribution in [0.2, 0.25) is 10.0 Å². The van der Waals surface area contributed by atoms with Gasteiger partial charge in [0, 0.05) is 23.3 Å². The Kier molecular flexibility index (Phi) is 8.25. The van der Waals surface area contributed by atoms with Crippen molar-refractivity contribution in [3.63, 3.8) is 0 Å². The number of benzene rings is 3. The van der Waals surface area contributed by atoms with Crippen LogP contribution in [0.5, 0.6) is 0 Å². The predicted octanol–water partition coefficient (Wildman–Crippen LogP) is 4.95. The van der Waals surface area contributed by atoms with Gasteiger partial charge < -0.3 is 16.0 Å². The molecular formula is C26H24BCl2N3O3. The van der Waals surface area contributed by atoms with Crippen LogP contribution in [0.4, 0.5) is 11.4 Å². The molecule has 0 fully saturated rings. The first-order valence-electron chi connectivity index (χ1n) is 10.8. The molecule has 0 atom stereocenters. The molecule has 0 saturated heterocycles. The lowest BCUT2D eigenvalue weighted by Gasteiger charge is -2.18. The van der Waals surface area contributed by atoms with E-state index >= 15 is 0 Å². The number of hydrogen-bond acceptors (Lipinski definition) is 3. The van der Waals surface area contributed by atoms with Gasteiger partial charge in [0.25, 0.3) is 11.8 Å². The highest BCUT2D eigenvalue weighted by Gasteiger charge is 2.21. The number of amides is 3. The standard InChI is InChI=1S/C26H24BCl2N3O3/c1-26(2,3)25(35)30-14-15-4-10-21(28)19(12-15)23(33)32-18-9-11-22(29)20(13-18)24(34)31-17-7-5-16(27)6-8-17/h4-13H,14H2,1-3H3,(H,30,35)(H,31,34)(H,32,33).